The average molecular weight is 379 g/mol. The van der Waals surface area contributed by atoms with E-state index in [-0.39, 0.29) is 0 Å². The van der Waals surface area contributed by atoms with Crippen molar-refractivity contribution in [3.8, 4) is 11.5 Å². The van der Waals surface area contributed by atoms with Gasteiger partial charge in [-0.1, -0.05) is 15.9 Å². The van der Waals surface area contributed by atoms with Crippen LogP contribution in [0.1, 0.15) is 32.6 Å². The Morgan fingerprint density at radius 3 is 1.43 bits per heavy atom. The number of methoxy groups -OCH3 is 2. The van der Waals surface area contributed by atoms with Crippen molar-refractivity contribution in [2.75, 3.05) is 14.2 Å². The summed E-state index contributed by atoms with van der Waals surface area (Å²) in [4.78, 5) is 10.5. The standard InChI is InChI=1S/C10H12O2.C9H11BrO/c1-7-4-9(6-11)5-8(2)10(7)12-3;1-6-4-8(10)5-7(2)9(6)11-3/h4-6H,1-3H3;4-5H,1-3H3. The first kappa shape index (κ1) is 19.2. The van der Waals surface area contributed by atoms with E-state index in [4.69, 9.17) is 9.47 Å². The normalized spacial score (nSPS) is 9.70. The Hall–Kier alpha value is -1.81. The predicted octanol–water partition coefficient (Wildman–Crippen LogP) is 5.20. The largest absolute Gasteiger partial charge is 0.496 e. The molecule has 3 nitrogen and oxygen atoms in total. The van der Waals surface area contributed by atoms with Gasteiger partial charge in [0.05, 0.1) is 14.2 Å². The Kier molecular flexibility index (Phi) is 7.30. The lowest BCUT2D eigenvalue weighted by atomic mass is 10.1. The lowest BCUT2D eigenvalue weighted by Crippen LogP contribution is -1.93. The van der Waals surface area contributed by atoms with Gasteiger partial charge in [0.2, 0.25) is 0 Å². The summed E-state index contributed by atoms with van der Waals surface area (Å²) in [5, 5.41) is 0. The van der Waals surface area contributed by atoms with Crippen molar-refractivity contribution >= 4 is 22.2 Å². The smallest absolute Gasteiger partial charge is 0.150 e. The highest BCUT2D eigenvalue weighted by Gasteiger charge is 2.04. The Bertz CT molecular complexity index is 647. The quantitative estimate of drug-likeness (QED) is 0.688. The van der Waals surface area contributed by atoms with Crippen molar-refractivity contribution < 1.29 is 14.3 Å². The summed E-state index contributed by atoms with van der Waals surface area (Å²) in [5.41, 5.74) is 5.03. The SMILES string of the molecule is COc1c(C)cc(Br)cc1C.COc1c(C)cc(C=O)cc1C. The zero-order valence-electron chi connectivity index (χ0n) is 14.5. The van der Waals surface area contributed by atoms with Crippen LogP contribution >= 0.6 is 15.9 Å². The Labute approximate surface area is 146 Å². The van der Waals surface area contributed by atoms with Crippen molar-refractivity contribution in [1.29, 1.82) is 0 Å². The molecule has 2 rings (SSSR count). The topological polar surface area (TPSA) is 35.5 Å². The van der Waals surface area contributed by atoms with Crippen molar-refractivity contribution in [3.05, 3.63) is 56.6 Å². The molecule has 0 fully saturated rings. The Balaban J connectivity index is 0.000000231. The summed E-state index contributed by atoms with van der Waals surface area (Å²) in [7, 11) is 3.33. The number of aldehydes is 1. The number of carbonyl (C=O) groups is 1. The predicted molar refractivity (Wildman–Crippen MR) is 98.0 cm³/mol. The second-order valence-corrected chi connectivity index (χ2v) is 6.29. The van der Waals surface area contributed by atoms with Gasteiger partial charge < -0.3 is 9.47 Å². The number of hydrogen-bond donors (Lipinski definition) is 0. The molecule has 0 atom stereocenters. The zero-order chi connectivity index (χ0) is 17.6. The fourth-order valence-corrected chi connectivity index (χ4v) is 3.28. The number of ether oxygens (including phenoxy) is 2. The van der Waals surface area contributed by atoms with E-state index in [2.05, 4.69) is 15.9 Å². The molecular formula is C19H23BrO3. The first-order valence-electron chi connectivity index (χ1n) is 7.25. The lowest BCUT2D eigenvalue weighted by molar-refractivity contribution is 0.112. The minimum Gasteiger partial charge on any atom is -0.496 e. The maximum atomic E-state index is 10.5. The summed E-state index contributed by atoms with van der Waals surface area (Å²) in [5.74, 6) is 1.84. The summed E-state index contributed by atoms with van der Waals surface area (Å²) >= 11 is 3.42. The maximum Gasteiger partial charge on any atom is 0.150 e. The first-order valence-corrected chi connectivity index (χ1v) is 8.04. The van der Waals surface area contributed by atoms with E-state index in [0.29, 0.717) is 5.56 Å². The molecule has 0 aliphatic rings. The van der Waals surface area contributed by atoms with E-state index in [1.165, 1.54) is 11.1 Å². The first-order chi connectivity index (χ1) is 10.8. The molecule has 0 spiro atoms. The Morgan fingerprint density at radius 1 is 0.783 bits per heavy atom. The number of carbonyl (C=O) groups excluding carboxylic acids is 1. The number of halogens is 1. The number of hydrogen-bond acceptors (Lipinski definition) is 3. The van der Waals surface area contributed by atoms with Crippen LogP contribution in [0.5, 0.6) is 11.5 Å². The fourth-order valence-electron chi connectivity index (χ4n) is 2.59. The monoisotopic (exact) mass is 378 g/mol. The summed E-state index contributed by atoms with van der Waals surface area (Å²) < 4.78 is 11.5. The molecule has 124 valence electrons. The van der Waals surface area contributed by atoms with Gasteiger partial charge in [-0.2, -0.15) is 0 Å². The summed E-state index contributed by atoms with van der Waals surface area (Å²) in [6.07, 6.45) is 0.847. The summed E-state index contributed by atoms with van der Waals surface area (Å²) in [6, 6.07) is 7.73. The van der Waals surface area contributed by atoms with Gasteiger partial charge in [0.1, 0.15) is 17.8 Å². The summed E-state index contributed by atoms with van der Waals surface area (Å²) in [6.45, 7) is 7.94. The average Bonchev–Trinajstić information content (AvgIpc) is 2.47. The molecule has 0 aromatic heterocycles. The second-order valence-electron chi connectivity index (χ2n) is 5.38. The molecule has 0 unspecified atom stereocenters. The van der Waals surface area contributed by atoms with Crippen LogP contribution < -0.4 is 9.47 Å². The molecule has 0 aliphatic carbocycles. The number of rotatable bonds is 3. The highest BCUT2D eigenvalue weighted by molar-refractivity contribution is 9.10. The minimum absolute atomic E-state index is 0.700. The number of aryl methyl sites for hydroxylation is 4. The molecule has 0 N–H and O–H groups in total. The fraction of sp³-hybridized carbons (Fsp3) is 0.316. The van der Waals surface area contributed by atoms with Crippen LogP contribution in [0, 0.1) is 27.7 Å². The minimum atomic E-state index is 0.700. The second kappa shape index (κ2) is 8.73. The molecule has 2 aromatic rings. The van der Waals surface area contributed by atoms with Crippen LogP contribution in [-0.2, 0) is 0 Å². The molecule has 0 amide bonds. The lowest BCUT2D eigenvalue weighted by Gasteiger charge is -2.08. The highest BCUT2D eigenvalue weighted by Crippen LogP contribution is 2.26. The van der Waals surface area contributed by atoms with Gasteiger partial charge in [0, 0.05) is 10.0 Å². The van der Waals surface area contributed by atoms with E-state index >= 15 is 0 Å². The third-order valence-corrected chi connectivity index (χ3v) is 3.91. The van der Waals surface area contributed by atoms with Crippen LogP contribution in [-0.4, -0.2) is 20.5 Å². The van der Waals surface area contributed by atoms with Crippen molar-refractivity contribution in [1.82, 2.24) is 0 Å². The molecule has 0 radical (unpaired) electrons. The molecule has 0 saturated carbocycles. The molecule has 2 aromatic carbocycles. The van der Waals surface area contributed by atoms with Gasteiger partial charge in [0.25, 0.3) is 0 Å². The molecule has 4 heteroatoms. The highest BCUT2D eigenvalue weighted by atomic mass is 79.9. The van der Waals surface area contributed by atoms with Gasteiger partial charge >= 0.3 is 0 Å². The van der Waals surface area contributed by atoms with E-state index in [0.717, 1.165) is 33.4 Å². The van der Waals surface area contributed by atoms with Crippen LogP contribution in [0.3, 0.4) is 0 Å². The number of benzene rings is 2. The van der Waals surface area contributed by atoms with E-state index in [1.807, 2.05) is 52.0 Å². The van der Waals surface area contributed by atoms with Crippen LogP contribution in [0.2, 0.25) is 0 Å². The van der Waals surface area contributed by atoms with Gasteiger partial charge in [-0.15, -0.1) is 0 Å². The van der Waals surface area contributed by atoms with Crippen LogP contribution in [0.15, 0.2) is 28.7 Å². The molecule has 0 saturated heterocycles. The molecule has 0 heterocycles. The van der Waals surface area contributed by atoms with Crippen molar-refractivity contribution in [3.63, 3.8) is 0 Å². The van der Waals surface area contributed by atoms with Crippen molar-refractivity contribution in [2.24, 2.45) is 0 Å². The van der Waals surface area contributed by atoms with Gasteiger partial charge in [-0.25, -0.2) is 0 Å². The van der Waals surface area contributed by atoms with E-state index < -0.39 is 0 Å². The van der Waals surface area contributed by atoms with Gasteiger partial charge in [-0.3, -0.25) is 4.79 Å². The molecular weight excluding hydrogens is 356 g/mol. The molecule has 0 bridgehead atoms. The molecule has 23 heavy (non-hydrogen) atoms. The van der Waals surface area contributed by atoms with Gasteiger partial charge in [0.15, 0.2) is 0 Å². The third-order valence-electron chi connectivity index (χ3n) is 3.45. The van der Waals surface area contributed by atoms with Gasteiger partial charge in [-0.05, 0) is 74.2 Å². The maximum absolute atomic E-state index is 10.5. The zero-order valence-corrected chi connectivity index (χ0v) is 16.1. The molecule has 0 aliphatic heterocycles. The third kappa shape index (κ3) is 5.10. The van der Waals surface area contributed by atoms with Crippen LogP contribution in [0.4, 0.5) is 0 Å². The Morgan fingerprint density at radius 2 is 1.13 bits per heavy atom. The van der Waals surface area contributed by atoms with E-state index in [1.54, 1.807) is 14.2 Å². The van der Waals surface area contributed by atoms with Crippen LogP contribution in [0.25, 0.3) is 0 Å². The van der Waals surface area contributed by atoms with E-state index in [9.17, 15) is 4.79 Å². The van der Waals surface area contributed by atoms with Crippen molar-refractivity contribution in [2.45, 2.75) is 27.7 Å².